The molecule has 0 saturated carbocycles. The van der Waals surface area contributed by atoms with E-state index in [0.29, 0.717) is 31.0 Å². The molecule has 0 aliphatic carbocycles. The highest BCUT2D eigenvalue weighted by Crippen LogP contribution is 2.18. The van der Waals surface area contributed by atoms with Crippen LogP contribution in [-0.2, 0) is 16.1 Å². The van der Waals surface area contributed by atoms with Gasteiger partial charge in [0.2, 0.25) is 5.91 Å². The lowest BCUT2D eigenvalue weighted by atomic mass is 10.1. The number of nitrogens with zero attached hydrogens (tertiary/aromatic N) is 1. The third kappa shape index (κ3) is 5.72. The lowest BCUT2D eigenvalue weighted by Gasteiger charge is -2.19. The molecule has 0 radical (unpaired) electrons. The molecule has 2 aromatic rings. The van der Waals surface area contributed by atoms with Gasteiger partial charge in [-0.1, -0.05) is 42.5 Å². The van der Waals surface area contributed by atoms with Crippen molar-refractivity contribution in [3.63, 3.8) is 0 Å². The average molecular weight is 340 g/mol. The number of amides is 2. The van der Waals surface area contributed by atoms with Gasteiger partial charge in [-0.15, -0.1) is 0 Å². The number of para-hydroxylation sites is 1. The van der Waals surface area contributed by atoms with Crippen LogP contribution in [0.1, 0.15) is 29.3 Å². The number of carbonyl (C=O) groups excluding carboxylic acids is 2. The smallest absolute Gasteiger partial charge is 0.256 e. The summed E-state index contributed by atoms with van der Waals surface area (Å²) in [5, 5.41) is 2.80. The number of anilines is 1. The maximum absolute atomic E-state index is 12.8. The first kappa shape index (κ1) is 18.7. The maximum atomic E-state index is 12.8. The summed E-state index contributed by atoms with van der Waals surface area (Å²) in [5.41, 5.74) is 2.05. The van der Waals surface area contributed by atoms with E-state index in [-0.39, 0.29) is 18.2 Å². The van der Waals surface area contributed by atoms with Crippen LogP contribution < -0.4 is 5.32 Å². The molecule has 5 nitrogen and oxygen atoms in total. The van der Waals surface area contributed by atoms with Crippen LogP contribution in [-0.4, -0.2) is 37.0 Å². The zero-order chi connectivity index (χ0) is 18.1. The van der Waals surface area contributed by atoms with Crippen LogP contribution in [0.2, 0.25) is 0 Å². The van der Waals surface area contributed by atoms with E-state index in [1.54, 1.807) is 36.2 Å². The molecule has 0 aliphatic rings. The second-order valence-electron chi connectivity index (χ2n) is 5.69. The molecule has 132 valence electrons. The largest absolute Gasteiger partial charge is 0.381 e. The first-order valence-electron chi connectivity index (χ1n) is 8.37. The summed E-state index contributed by atoms with van der Waals surface area (Å²) in [6.07, 6.45) is 0.260. The van der Waals surface area contributed by atoms with E-state index in [4.69, 9.17) is 4.74 Å². The van der Waals surface area contributed by atoms with E-state index in [9.17, 15) is 9.59 Å². The Labute approximate surface area is 148 Å². The van der Waals surface area contributed by atoms with E-state index in [1.807, 2.05) is 37.3 Å². The van der Waals surface area contributed by atoms with Gasteiger partial charge in [0.05, 0.1) is 24.3 Å². The standard InChI is InChI=1S/C20H24N2O3/c1-3-25-14-13-19(23)21-18-12-8-7-11-17(18)20(24)22(2)15-16-9-5-4-6-10-16/h4-12H,3,13-15H2,1-2H3,(H,21,23). The molecular formula is C20H24N2O3. The molecular weight excluding hydrogens is 316 g/mol. The quantitative estimate of drug-likeness (QED) is 0.750. The van der Waals surface area contributed by atoms with E-state index < -0.39 is 0 Å². The van der Waals surface area contributed by atoms with Gasteiger partial charge < -0.3 is 15.0 Å². The molecule has 25 heavy (non-hydrogen) atoms. The predicted octanol–water partition coefficient (Wildman–Crippen LogP) is 3.32. The third-order valence-corrected chi connectivity index (χ3v) is 3.72. The minimum absolute atomic E-state index is 0.135. The van der Waals surface area contributed by atoms with E-state index >= 15 is 0 Å². The van der Waals surface area contributed by atoms with Crippen molar-refractivity contribution in [2.75, 3.05) is 25.6 Å². The van der Waals surface area contributed by atoms with Crippen molar-refractivity contribution in [1.82, 2.24) is 4.90 Å². The lowest BCUT2D eigenvalue weighted by molar-refractivity contribution is -0.117. The number of ether oxygens (including phenoxy) is 1. The fraction of sp³-hybridized carbons (Fsp3) is 0.300. The van der Waals surface area contributed by atoms with Gasteiger partial charge >= 0.3 is 0 Å². The Morgan fingerprint density at radius 2 is 1.72 bits per heavy atom. The van der Waals surface area contributed by atoms with Gasteiger partial charge in [-0.05, 0) is 24.6 Å². The number of hydrogen-bond donors (Lipinski definition) is 1. The van der Waals surface area contributed by atoms with Crippen molar-refractivity contribution in [3.05, 3.63) is 65.7 Å². The van der Waals surface area contributed by atoms with Crippen molar-refractivity contribution < 1.29 is 14.3 Å². The fourth-order valence-corrected chi connectivity index (χ4v) is 2.44. The molecule has 0 bridgehead atoms. The summed E-state index contributed by atoms with van der Waals surface area (Å²) >= 11 is 0. The zero-order valence-electron chi connectivity index (χ0n) is 14.7. The predicted molar refractivity (Wildman–Crippen MR) is 98.4 cm³/mol. The number of carbonyl (C=O) groups is 2. The van der Waals surface area contributed by atoms with Crippen LogP contribution in [0.25, 0.3) is 0 Å². The molecule has 0 fully saturated rings. The van der Waals surface area contributed by atoms with Gasteiger partial charge in [-0.2, -0.15) is 0 Å². The van der Waals surface area contributed by atoms with Crippen LogP contribution in [0, 0.1) is 0 Å². The Balaban J connectivity index is 2.05. The molecule has 2 amide bonds. The number of nitrogens with one attached hydrogen (secondary N) is 1. The minimum Gasteiger partial charge on any atom is -0.381 e. The van der Waals surface area contributed by atoms with Crippen molar-refractivity contribution in [2.24, 2.45) is 0 Å². The Morgan fingerprint density at radius 3 is 2.44 bits per heavy atom. The summed E-state index contributed by atoms with van der Waals surface area (Å²) in [5.74, 6) is -0.302. The zero-order valence-corrected chi connectivity index (χ0v) is 14.7. The van der Waals surface area contributed by atoms with Crippen LogP contribution in [0.3, 0.4) is 0 Å². The van der Waals surface area contributed by atoms with Crippen LogP contribution >= 0.6 is 0 Å². The average Bonchev–Trinajstić information content (AvgIpc) is 2.62. The highest BCUT2D eigenvalue weighted by atomic mass is 16.5. The van der Waals surface area contributed by atoms with Crippen molar-refractivity contribution in [1.29, 1.82) is 0 Å². The van der Waals surface area contributed by atoms with Crippen molar-refractivity contribution in [2.45, 2.75) is 19.9 Å². The monoisotopic (exact) mass is 340 g/mol. The molecule has 0 heterocycles. The van der Waals surface area contributed by atoms with E-state index in [1.165, 1.54) is 0 Å². The summed E-state index contributed by atoms with van der Waals surface area (Å²) in [4.78, 5) is 26.4. The molecule has 2 rings (SSSR count). The van der Waals surface area contributed by atoms with Gasteiger partial charge in [-0.3, -0.25) is 9.59 Å². The fourth-order valence-electron chi connectivity index (χ4n) is 2.44. The number of benzene rings is 2. The highest BCUT2D eigenvalue weighted by Gasteiger charge is 2.17. The van der Waals surface area contributed by atoms with Gasteiger partial charge in [0.15, 0.2) is 0 Å². The van der Waals surface area contributed by atoms with E-state index in [2.05, 4.69) is 5.32 Å². The summed E-state index contributed by atoms with van der Waals surface area (Å²) in [7, 11) is 1.75. The molecule has 1 N–H and O–H groups in total. The van der Waals surface area contributed by atoms with Gasteiger partial charge in [0.25, 0.3) is 5.91 Å². The summed E-state index contributed by atoms with van der Waals surface area (Å²) in [6.45, 7) is 3.33. The lowest BCUT2D eigenvalue weighted by Crippen LogP contribution is -2.27. The Kier molecular flexibility index (Phi) is 7.16. The molecule has 2 aromatic carbocycles. The second-order valence-corrected chi connectivity index (χ2v) is 5.69. The van der Waals surface area contributed by atoms with Gasteiger partial charge in [0, 0.05) is 20.2 Å². The molecule has 0 saturated heterocycles. The third-order valence-electron chi connectivity index (χ3n) is 3.72. The number of hydrogen-bond acceptors (Lipinski definition) is 3. The maximum Gasteiger partial charge on any atom is 0.256 e. The summed E-state index contributed by atoms with van der Waals surface area (Å²) in [6, 6.07) is 16.8. The molecule has 0 unspecified atom stereocenters. The molecule has 0 atom stereocenters. The van der Waals surface area contributed by atoms with Crippen LogP contribution in [0.15, 0.2) is 54.6 Å². The Hall–Kier alpha value is -2.66. The first-order valence-corrected chi connectivity index (χ1v) is 8.37. The van der Waals surface area contributed by atoms with E-state index in [0.717, 1.165) is 5.56 Å². The molecule has 5 heteroatoms. The van der Waals surface area contributed by atoms with Gasteiger partial charge in [0.1, 0.15) is 0 Å². The SMILES string of the molecule is CCOCCC(=O)Nc1ccccc1C(=O)N(C)Cc1ccccc1. The Bertz CT molecular complexity index is 701. The topological polar surface area (TPSA) is 58.6 Å². The molecule has 0 aromatic heterocycles. The normalized spacial score (nSPS) is 10.3. The summed E-state index contributed by atoms with van der Waals surface area (Å²) < 4.78 is 5.19. The number of rotatable bonds is 8. The van der Waals surface area contributed by atoms with Crippen molar-refractivity contribution in [3.8, 4) is 0 Å². The van der Waals surface area contributed by atoms with Crippen LogP contribution in [0.4, 0.5) is 5.69 Å². The molecule has 0 spiro atoms. The molecule has 0 aliphatic heterocycles. The Morgan fingerprint density at radius 1 is 1.04 bits per heavy atom. The highest BCUT2D eigenvalue weighted by molar-refractivity contribution is 6.03. The second kappa shape index (κ2) is 9.59. The van der Waals surface area contributed by atoms with Gasteiger partial charge in [-0.25, -0.2) is 0 Å². The van der Waals surface area contributed by atoms with Crippen molar-refractivity contribution >= 4 is 17.5 Å². The first-order chi connectivity index (χ1) is 12.1. The minimum atomic E-state index is -0.167. The van der Waals surface area contributed by atoms with Crippen LogP contribution in [0.5, 0.6) is 0 Å².